The van der Waals surface area contributed by atoms with Gasteiger partial charge in [-0.25, -0.2) is 0 Å². The lowest BCUT2D eigenvalue weighted by molar-refractivity contribution is 0.149. The van der Waals surface area contributed by atoms with Crippen LogP contribution in [0.4, 0.5) is 0 Å². The van der Waals surface area contributed by atoms with Crippen LogP contribution in [0.3, 0.4) is 0 Å². The van der Waals surface area contributed by atoms with Gasteiger partial charge in [-0.3, -0.25) is 4.90 Å². The summed E-state index contributed by atoms with van der Waals surface area (Å²) in [6.45, 7) is 8.01. The molecule has 1 heterocycles. The molecule has 2 unspecified atom stereocenters. The van der Waals surface area contributed by atoms with Crippen LogP contribution in [0.1, 0.15) is 38.3 Å². The Kier molecular flexibility index (Phi) is 5.22. The van der Waals surface area contributed by atoms with Crippen molar-refractivity contribution in [3.8, 4) is 0 Å². The molecular formula is C15H23BrN2. The van der Waals surface area contributed by atoms with Crippen molar-refractivity contribution in [2.24, 2.45) is 0 Å². The smallest absolute Gasteiger partial charge is 0.0321 e. The van der Waals surface area contributed by atoms with Crippen molar-refractivity contribution in [2.75, 3.05) is 19.6 Å². The lowest BCUT2D eigenvalue weighted by atomic mass is 10.0. The summed E-state index contributed by atoms with van der Waals surface area (Å²) in [5.74, 6) is 0. The first-order valence-corrected chi connectivity index (χ1v) is 7.73. The summed E-state index contributed by atoms with van der Waals surface area (Å²) in [6, 6.07) is 9.85. The van der Waals surface area contributed by atoms with Gasteiger partial charge in [0.1, 0.15) is 0 Å². The highest BCUT2D eigenvalue weighted by atomic mass is 79.9. The van der Waals surface area contributed by atoms with E-state index in [0.29, 0.717) is 12.1 Å². The van der Waals surface area contributed by atoms with Gasteiger partial charge in [0, 0.05) is 36.2 Å². The molecule has 0 bridgehead atoms. The zero-order valence-electron chi connectivity index (χ0n) is 11.3. The number of hydrogen-bond donors (Lipinski definition) is 1. The fourth-order valence-corrected chi connectivity index (χ4v) is 3.14. The topological polar surface area (TPSA) is 15.3 Å². The predicted octanol–water partition coefficient (Wildman–Crippen LogP) is 3.58. The summed E-state index contributed by atoms with van der Waals surface area (Å²) in [4.78, 5) is 2.60. The van der Waals surface area contributed by atoms with Gasteiger partial charge >= 0.3 is 0 Å². The van der Waals surface area contributed by atoms with Gasteiger partial charge in [-0.2, -0.15) is 0 Å². The van der Waals surface area contributed by atoms with Gasteiger partial charge in [0.25, 0.3) is 0 Å². The minimum absolute atomic E-state index is 0.504. The molecule has 0 radical (unpaired) electrons. The first-order valence-electron chi connectivity index (χ1n) is 6.93. The molecule has 0 spiro atoms. The molecule has 2 atom stereocenters. The first kappa shape index (κ1) is 14.0. The largest absolute Gasteiger partial charge is 0.311 e. The maximum atomic E-state index is 3.62. The van der Waals surface area contributed by atoms with E-state index in [9.17, 15) is 0 Å². The van der Waals surface area contributed by atoms with Crippen molar-refractivity contribution < 1.29 is 0 Å². The van der Waals surface area contributed by atoms with Crippen molar-refractivity contribution in [3.63, 3.8) is 0 Å². The van der Waals surface area contributed by atoms with Crippen molar-refractivity contribution in [3.05, 3.63) is 34.3 Å². The van der Waals surface area contributed by atoms with E-state index in [0.717, 1.165) is 13.1 Å². The standard InChI is InChI=1S/C15H23BrN2/c1-3-5-15-11-18(9-8-17-15)12(2)13-6-4-7-14(16)10-13/h4,6-7,10,12,15,17H,3,5,8-9,11H2,1-2H3. The van der Waals surface area contributed by atoms with Gasteiger partial charge in [0.2, 0.25) is 0 Å². The number of piperazine rings is 1. The van der Waals surface area contributed by atoms with Gasteiger partial charge in [-0.15, -0.1) is 0 Å². The number of nitrogens with zero attached hydrogens (tertiary/aromatic N) is 1. The summed E-state index contributed by atoms with van der Waals surface area (Å²) >= 11 is 3.56. The van der Waals surface area contributed by atoms with E-state index < -0.39 is 0 Å². The van der Waals surface area contributed by atoms with Gasteiger partial charge < -0.3 is 5.32 Å². The second-order valence-corrected chi connectivity index (χ2v) is 6.08. The number of rotatable bonds is 4. The Balaban J connectivity index is 2.02. The lowest BCUT2D eigenvalue weighted by Gasteiger charge is -2.37. The summed E-state index contributed by atoms with van der Waals surface area (Å²) in [7, 11) is 0. The Morgan fingerprint density at radius 3 is 3.06 bits per heavy atom. The average Bonchev–Trinajstić information content (AvgIpc) is 2.39. The van der Waals surface area contributed by atoms with Crippen molar-refractivity contribution in [2.45, 2.75) is 38.8 Å². The number of hydrogen-bond acceptors (Lipinski definition) is 2. The summed E-state index contributed by atoms with van der Waals surface area (Å²) < 4.78 is 1.17. The monoisotopic (exact) mass is 310 g/mol. The Hall–Kier alpha value is -0.380. The van der Waals surface area contributed by atoms with Crippen LogP contribution >= 0.6 is 15.9 Å². The molecule has 1 fully saturated rings. The van der Waals surface area contributed by atoms with Gasteiger partial charge in [-0.1, -0.05) is 41.4 Å². The van der Waals surface area contributed by atoms with E-state index in [2.05, 4.69) is 64.3 Å². The second-order valence-electron chi connectivity index (χ2n) is 5.17. The highest BCUT2D eigenvalue weighted by Gasteiger charge is 2.23. The van der Waals surface area contributed by atoms with E-state index in [-0.39, 0.29) is 0 Å². The summed E-state index contributed by atoms with van der Waals surface area (Å²) in [6.07, 6.45) is 2.54. The predicted molar refractivity (Wildman–Crippen MR) is 80.8 cm³/mol. The molecule has 0 saturated carbocycles. The van der Waals surface area contributed by atoms with Crippen molar-refractivity contribution >= 4 is 15.9 Å². The molecular weight excluding hydrogens is 288 g/mol. The van der Waals surface area contributed by atoms with Crippen molar-refractivity contribution in [1.82, 2.24) is 10.2 Å². The number of nitrogens with one attached hydrogen (secondary N) is 1. The summed E-state index contributed by atoms with van der Waals surface area (Å²) in [5.41, 5.74) is 1.40. The fraction of sp³-hybridized carbons (Fsp3) is 0.600. The Morgan fingerprint density at radius 2 is 2.33 bits per heavy atom. The van der Waals surface area contributed by atoms with E-state index in [1.807, 2.05) is 0 Å². The van der Waals surface area contributed by atoms with Crippen molar-refractivity contribution in [1.29, 1.82) is 0 Å². The fourth-order valence-electron chi connectivity index (χ4n) is 2.72. The van der Waals surface area contributed by atoms with E-state index in [1.165, 1.54) is 29.4 Å². The maximum Gasteiger partial charge on any atom is 0.0321 e. The third-order valence-electron chi connectivity index (χ3n) is 3.80. The molecule has 1 saturated heterocycles. The van der Waals surface area contributed by atoms with Crippen LogP contribution in [0.5, 0.6) is 0 Å². The van der Waals surface area contributed by atoms with Crippen LogP contribution in [0, 0.1) is 0 Å². The molecule has 1 aromatic carbocycles. The van der Waals surface area contributed by atoms with E-state index >= 15 is 0 Å². The molecule has 1 N–H and O–H groups in total. The second kappa shape index (κ2) is 6.69. The Labute approximate surface area is 119 Å². The molecule has 3 heteroatoms. The molecule has 1 aromatic rings. The van der Waals surface area contributed by atoms with Crippen LogP contribution < -0.4 is 5.32 Å². The normalized spacial score (nSPS) is 22.9. The van der Waals surface area contributed by atoms with Gasteiger partial charge in [0.05, 0.1) is 0 Å². The van der Waals surface area contributed by atoms with Gasteiger partial charge in [0.15, 0.2) is 0 Å². The van der Waals surface area contributed by atoms with Crippen LogP contribution in [0.25, 0.3) is 0 Å². The Morgan fingerprint density at radius 1 is 1.50 bits per heavy atom. The molecule has 1 aliphatic rings. The SMILES string of the molecule is CCCC1CN(C(C)c2cccc(Br)c2)CCN1. The third kappa shape index (κ3) is 3.56. The highest BCUT2D eigenvalue weighted by Crippen LogP contribution is 2.24. The molecule has 0 aliphatic carbocycles. The molecule has 0 aromatic heterocycles. The minimum Gasteiger partial charge on any atom is -0.311 e. The minimum atomic E-state index is 0.504. The molecule has 0 amide bonds. The van der Waals surface area contributed by atoms with Gasteiger partial charge in [-0.05, 0) is 31.0 Å². The lowest BCUT2D eigenvalue weighted by Crippen LogP contribution is -2.51. The van der Waals surface area contributed by atoms with Crippen LogP contribution in [-0.4, -0.2) is 30.6 Å². The van der Waals surface area contributed by atoms with E-state index in [4.69, 9.17) is 0 Å². The Bertz CT molecular complexity index is 379. The van der Waals surface area contributed by atoms with Crippen LogP contribution in [0.15, 0.2) is 28.7 Å². The van der Waals surface area contributed by atoms with E-state index in [1.54, 1.807) is 0 Å². The number of benzene rings is 1. The first-order chi connectivity index (χ1) is 8.70. The summed E-state index contributed by atoms with van der Waals surface area (Å²) in [5, 5.41) is 3.62. The molecule has 2 rings (SSSR count). The maximum absolute atomic E-state index is 3.62. The molecule has 1 aliphatic heterocycles. The third-order valence-corrected chi connectivity index (χ3v) is 4.30. The zero-order chi connectivity index (χ0) is 13.0. The van der Waals surface area contributed by atoms with Crippen LogP contribution in [-0.2, 0) is 0 Å². The molecule has 2 nitrogen and oxygen atoms in total. The highest BCUT2D eigenvalue weighted by molar-refractivity contribution is 9.10. The quantitative estimate of drug-likeness (QED) is 0.914. The molecule has 100 valence electrons. The number of halogens is 1. The molecule has 18 heavy (non-hydrogen) atoms. The average molecular weight is 311 g/mol. The van der Waals surface area contributed by atoms with Crippen LogP contribution in [0.2, 0.25) is 0 Å². The zero-order valence-corrected chi connectivity index (χ0v) is 12.9.